The van der Waals surface area contributed by atoms with E-state index < -0.39 is 11.7 Å². The first-order valence-corrected chi connectivity index (χ1v) is 9.93. The number of carbonyl (C=O) groups is 1. The highest BCUT2D eigenvalue weighted by atomic mass is 19.1. The van der Waals surface area contributed by atoms with Crippen LogP contribution in [-0.2, 0) is 0 Å². The van der Waals surface area contributed by atoms with Crippen molar-refractivity contribution in [1.82, 2.24) is 15.0 Å². The zero-order valence-electron chi connectivity index (χ0n) is 17.6. The fourth-order valence-corrected chi connectivity index (χ4v) is 3.00. The van der Waals surface area contributed by atoms with Gasteiger partial charge in [-0.2, -0.15) is 0 Å². The Morgan fingerprint density at radius 1 is 0.781 bits per heavy atom. The van der Waals surface area contributed by atoms with Crippen LogP contribution in [0.2, 0.25) is 0 Å². The Morgan fingerprint density at radius 3 is 1.94 bits per heavy atom. The zero-order valence-corrected chi connectivity index (χ0v) is 17.6. The van der Waals surface area contributed by atoms with Gasteiger partial charge < -0.3 is 16.0 Å². The standard InChI is InChI=1S/C24H21FN6O/c1-15-3-5-19(6-4-15)29-22-12-23(28-16(2)27-22)30-20-7-9-21(10-8-20)31-24(32)17-11-18(25)14-26-13-17/h3-14H,1-2H3,(H,31,32)(H2,27,28,29,30). The summed E-state index contributed by atoms with van der Waals surface area (Å²) in [6.45, 7) is 3.86. The van der Waals surface area contributed by atoms with Crippen LogP contribution in [0.3, 0.4) is 0 Å². The molecule has 2 aromatic heterocycles. The Balaban J connectivity index is 1.43. The molecule has 8 heteroatoms. The van der Waals surface area contributed by atoms with Crippen LogP contribution in [-0.4, -0.2) is 20.9 Å². The van der Waals surface area contributed by atoms with Gasteiger partial charge in [0.1, 0.15) is 23.3 Å². The molecule has 1 amide bonds. The average molecular weight is 428 g/mol. The Labute approximate surface area is 184 Å². The molecule has 0 aliphatic rings. The number of aromatic nitrogens is 3. The normalized spacial score (nSPS) is 10.5. The molecule has 0 saturated carbocycles. The predicted octanol–water partition coefficient (Wildman–Crippen LogP) is 5.37. The van der Waals surface area contributed by atoms with Gasteiger partial charge >= 0.3 is 0 Å². The largest absolute Gasteiger partial charge is 0.340 e. The molecule has 0 spiro atoms. The van der Waals surface area contributed by atoms with Crippen molar-refractivity contribution < 1.29 is 9.18 Å². The van der Waals surface area contributed by atoms with Crippen molar-refractivity contribution >= 4 is 34.6 Å². The highest BCUT2D eigenvalue weighted by molar-refractivity contribution is 6.04. The molecule has 0 aliphatic heterocycles. The van der Waals surface area contributed by atoms with Gasteiger partial charge in [0.25, 0.3) is 5.91 Å². The number of nitrogens with zero attached hydrogens (tertiary/aromatic N) is 3. The van der Waals surface area contributed by atoms with Crippen LogP contribution in [0.25, 0.3) is 0 Å². The van der Waals surface area contributed by atoms with Crippen molar-refractivity contribution in [1.29, 1.82) is 0 Å². The monoisotopic (exact) mass is 428 g/mol. The van der Waals surface area contributed by atoms with Crippen molar-refractivity contribution in [2.45, 2.75) is 13.8 Å². The second-order valence-corrected chi connectivity index (χ2v) is 7.22. The summed E-state index contributed by atoms with van der Waals surface area (Å²) in [5.74, 6) is 0.938. The highest BCUT2D eigenvalue weighted by Crippen LogP contribution is 2.22. The lowest BCUT2D eigenvalue weighted by molar-refractivity contribution is 0.102. The van der Waals surface area contributed by atoms with E-state index in [0.717, 1.165) is 23.6 Å². The summed E-state index contributed by atoms with van der Waals surface area (Å²) in [5, 5.41) is 9.23. The van der Waals surface area contributed by atoms with E-state index in [1.807, 2.05) is 56.3 Å². The van der Waals surface area contributed by atoms with E-state index in [1.165, 1.54) is 11.8 Å². The molecule has 0 unspecified atom stereocenters. The fourth-order valence-electron chi connectivity index (χ4n) is 3.00. The molecule has 4 aromatic rings. The minimum atomic E-state index is -0.562. The molecule has 3 N–H and O–H groups in total. The first kappa shape index (κ1) is 20.9. The summed E-state index contributed by atoms with van der Waals surface area (Å²) in [6, 6.07) is 18.1. The smallest absolute Gasteiger partial charge is 0.257 e. The number of hydrogen-bond acceptors (Lipinski definition) is 6. The molecule has 2 aromatic carbocycles. The lowest BCUT2D eigenvalue weighted by Crippen LogP contribution is -2.12. The van der Waals surface area contributed by atoms with Gasteiger partial charge in [0, 0.05) is 29.3 Å². The van der Waals surface area contributed by atoms with Crippen LogP contribution in [0.15, 0.2) is 73.1 Å². The number of anilines is 5. The van der Waals surface area contributed by atoms with Crippen molar-refractivity contribution in [3.05, 3.63) is 95.8 Å². The zero-order chi connectivity index (χ0) is 22.5. The predicted molar refractivity (Wildman–Crippen MR) is 123 cm³/mol. The number of carbonyl (C=O) groups excluding carboxylic acids is 1. The first-order chi connectivity index (χ1) is 15.4. The van der Waals surface area contributed by atoms with Crippen molar-refractivity contribution in [3.63, 3.8) is 0 Å². The summed E-state index contributed by atoms with van der Waals surface area (Å²) in [5.41, 5.74) is 3.63. The molecule has 0 bridgehead atoms. The minimum absolute atomic E-state index is 0.150. The molecule has 0 atom stereocenters. The molecule has 0 radical (unpaired) electrons. The summed E-state index contributed by atoms with van der Waals surface area (Å²) in [4.78, 5) is 24.8. The number of aryl methyl sites for hydroxylation is 2. The number of rotatable bonds is 6. The lowest BCUT2D eigenvalue weighted by Gasteiger charge is -2.11. The Hall–Kier alpha value is -4.33. The van der Waals surface area contributed by atoms with Crippen molar-refractivity contribution in [2.24, 2.45) is 0 Å². The molecule has 2 heterocycles. The van der Waals surface area contributed by atoms with Crippen LogP contribution in [0.1, 0.15) is 21.7 Å². The van der Waals surface area contributed by atoms with E-state index in [9.17, 15) is 9.18 Å². The third-order valence-electron chi connectivity index (χ3n) is 4.54. The van der Waals surface area contributed by atoms with Gasteiger partial charge in [0.05, 0.1) is 11.8 Å². The van der Waals surface area contributed by atoms with Gasteiger partial charge in [-0.3, -0.25) is 9.78 Å². The van der Waals surface area contributed by atoms with Gasteiger partial charge in [-0.15, -0.1) is 0 Å². The third kappa shape index (κ3) is 5.42. The Kier molecular flexibility index (Phi) is 6.03. The van der Waals surface area contributed by atoms with Gasteiger partial charge in [-0.1, -0.05) is 17.7 Å². The van der Waals surface area contributed by atoms with Crippen LogP contribution in [0.4, 0.5) is 33.1 Å². The molecular formula is C24H21FN6O. The second-order valence-electron chi connectivity index (χ2n) is 7.22. The van der Waals surface area contributed by atoms with Crippen LogP contribution in [0, 0.1) is 19.7 Å². The topological polar surface area (TPSA) is 91.8 Å². The molecule has 0 fully saturated rings. The first-order valence-electron chi connectivity index (χ1n) is 9.93. The van der Waals surface area contributed by atoms with Crippen LogP contribution < -0.4 is 16.0 Å². The van der Waals surface area contributed by atoms with Gasteiger partial charge in [0.2, 0.25) is 0 Å². The second kappa shape index (κ2) is 9.22. The summed E-state index contributed by atoms with van der Waals surface area (Å²) >= 11 is 0. The summed E-state index contributed by atoms with van der Waals surface area (Å²) in [6.07, 6.45) is 2.36. The fraction of sp³-hybridized carbons (Fsp3) is 0.0833. The molecule has 0 saturated heterocycles. The van der Waals surface area contributed by atoms with Crippen LogP contribution in [0.5, 0.6) is 0 Å². The SMILES string of the molecule is Cc1ccc(Nc2cc(Nc3ccc(NC(=O)c4cncc(F)c4)cc3)nc(C)n2)cc1. The average Bonchev–Trinajstić information content (AvgIpc) is 2.76. The number of nitrogens with one attached hydrogen (secondary N) is 3. The van der Waals surface area contributed by atoms with Crippen LogP contribution >= 0.6 is 0 Å². The van der Waals surface area contributed by atoms with E-state index in [-0.39, 0.29) is 5.56 Å². The number of amides is 1. The van der Waals surface area contributed by atoms with Crippen molar-refractivity contribution in [3.8, 4) is 0 Å². The number of pyridine rings is 1. The van der Waals surface area contributed by atoms with Crippen molar-refractivity contribution in [2.75, 3.05) is 16.0 Å². The summed E-state index contributed by atoms with van der Waals surface area (Å²) in [7, 11) is 0. The molecule has 7 nitrogen and oxygen atoms in total. The van der Waals surface area contributed by atoms with E-state index >= 15 is 0 Å². The quantitative estimate of drug-likeness (QED) is 0.383. The van der Waals surface area contributed by atoms with E-state index in [1.54, 1.807) is 12.1 Å². The molecule has 160 valence electrons. The maximum Gasteiger partial charge on any atom is 0.257 e. The van der Waals surface area contributed by atoms with Gasteiger partial charge in [-0.05, 0) is 56.3 Å². The molecular weight excluding hydrogens is 407 g/mol. The minimum Gasteiger partial charge on any atom is -0.340 e. The molecule has 4 rings (SSSR count). The Bertz CT molecular complexity index is 1240. The maximum absolute atomic E-state index is 13.3. The number of halogens is 1. The van der Waals surface area contributed by atoms with E-state index in [2.05, 4.69) is 30.9 Å². The van der Waals surface area contributed by atoms with Gasteiger partial charge in [0.15, 0.2) is 0 Å². The maximum atomic E-state index is 13.3. The van der Waals surface area contributed by atoms with E-state index in [4.69, 9.17) is 0 Å². The van der Waals surface area contributed by atoms with Gasteiger partial charge in [-0.25, -0.2) is 14.4 Å². The summed E-state index contributed by atoms with van der Waals surface area (Å²) < 4.78 is 13.3. The highest BCUT2D eigenvalue weighted by Gasteiger charge is 2.08. The number of benzene rings is 2. The Morgan fingerprint density at radius 2 is 1.34 bits per heavy atom. The lowest BCUT2D eigenvalue weighted by atomic mass is 10.2. The number of hydrogen-bond donors (Lipinski definition) is 3. The third-order valence-corrected chi connectivity index (χ3v) is 4.54. The molecule has 32 heavy (non-hydrogen) atoms. The molecule has 0 aliphatic carbocycles. The van der Waals surface area contributed by atoms with E-state index in [0.29, 0.717) is 23.1 Å².